The van der Waals surface area contributed by atoms with Gasteiger partial charge in [0.05, 0.1) is 12.2 Å². The van der Waals surface area contributed by atoms with Gasteiger partial charge in [-0.1, -0.05) is 23.4 Å². The molecule has 3 aliphatic rings. The van der Waals surface area contributed by atoms with Gasteiger partial charge in [0, 0.05) is 24.0 Å². The summed E-state index contributed by atoms with van der Waals surface area (Å²) < 4.78 is 7.34. The van der Waals surface area contributed by atoms with E-state index < -0.39 is 6.23 Å². The number of amides is 2. The first kappa shape index (κ1) is 21.5. The number of aryl methyl sites for hydroxylation is 1. The van der Waals surface area contributed by atoms with Gasteiger partial charge in [-0.2, -0.15) is 0 Å². The number of oxime groups is 1. The summed E-state index contributed by atoms with van der Waals surface area (Å²) in [4.78, 5) is 37.1. The Kier molecular flexibility index (Phi) is 4.91. The molecule has 2 fully saturated rings. The third-order valence-corrected chi connectivity index (χ3v) is 6.88. The monoisotopic (exact) mass is 474 g/mol. The molecule has 2 atom stereocenters. The van der Waals surface area contributed by atoms with Gasteiger partial charge in [0.2, 0.25) is 6.23 Å². The predicted octanol–water partition coefficient (Wildman–Crippen LogP) is 3.27. The van der Waals surface area contributed by atoms with Gasteiger partial charge in [-0.05, 0) is 56.9 Å². The molecule has 10 nitrogen and oxygen atoms in total. The number of likely N-dealkylation sites (tertiary alicyclic amines) is 1. The summed E-state index contributed by atoms with van der Waals surface area (Å²) in [5.41, 5.74) is 3.18. The lowest BCUT2D eigenvalue weighted by Gasteiger charge is -2.42. The number of hydrogen-bond acceptors (Lipinski definition) is 7. The third-order valence-electron chi connectivity index (χ3n) is 6.88. The highest BCUT2D eigenvalue weighted by atomic mass is 16.7. The van der Waals surface area contributed by atoms with E-state index >= 15 is 0 Å². The van der Waals surface area contributed by atoms with Crippen molar-refractivity contribution >= 4 is 29.2 Å². The number of carbonyl (C=O) groups excluding carboxylic acids is 2. The maximum atomic E-state index is 13.0. The van der Waals surface area contributed by atoms with E-state index in [-0.39, 0.29) is 23.6 Å². The average Bonchev–Trinajstić information content (AvgIpc) is 3.20. The molecule has 2 N–H and O–H groups in total. The lowest BCUT2D eigenvalue weighted by Crippen LogP contribution is -2.60. The van der Waals surface area contributed by atoms with Crippen LogP contribution in [-0.2, 0) is 9.57 Å². The van der Waals surface area contributed by atoms with E-state index in [2.05, 4.69) is 20.8 Å². The van der Waals surface area contributed by atoms with Crippen LogP contribution in [0.15, 0.2) is 53.9 Å². The number of amidine groups is 1. The molecule has 1 aliphatic carbocycles. The van der Waals surface area contributed by atoms with Crippen molar-refractivity contribution in [1.82, 2.24) is 19.6 Å². The number of nitrogens with zero attached hydrogens (tertiary/aromatic N) is 4. The molecule has 10 heteroatoms. The van der Waals surface area contributed by atoms with Crippen molar-refractivity contribution in [2.45, 2.75) is 51.0 Å². The first-order valence-electron chi connectivity index (χ1n) is 11.7. The van der Waals surface area contributed by atoms with Gasteiger partial charge in [-0.25, -0.2) is 9.78 Å². The molecule has 2 amide bonds. The number of nitrogens with one attached hydrogen (secondary N) is 2. The molecule has 180 valence electrons. The summed E-state index contributed by atoms with van der Waals surface area (Å²) in [6.45, 7) is 4.52. The second-order valence-electron chi connectivity index (χ2n) is 9.53. The third kappa shape index (κ3) is 3.94. The molecule has 0 bridgehead atoms. The van der Waals surface area contributed by atoms with Crippen molar-refractivity contribution in [2.24, 2.45) is 5.16 Å². The van der Waals surface area contributed by atoms with Crippen molar-refractivity contribution in [3.05, 3.63) is 65.6 Å². The molecule has 6 rings (SSSR count). The van der Waals surface area contributed by atoms with Gasteiger partial charge in [0.25, 0.3) is 5.91 Å². The molecule has 1 saturated carbocycles. The Hall–Kier alpha value is -4.08. The lowest BCUT2D eigenvalue weighted by molar-refractivity contribution is -0.0528. The topological polar surface area (TPSA) is 110 Å². The minimum absolute atomic E-state index is 0.147. The fourth-order valence-corrected chi connectivity index (χ4v) is 4.29. The second-order valence-corrected chi connectivity index (χ2v) is 9.53. The Balaban J connectivity index is 1.14. The Morgan fingerprint density at radius 1 is 1.26 bits per heavy atom. The molecule has 2 aromatic heterocycles. The number of carbonyl (C=O) groups is 2. The van der Waals surface area contributed by atoms with Crippen molar-refractivity contribution in [2.75, 3.05) is 11.9 Å². The molecular weight excluding hydrogens is 448 g/mol. The summed E-state index contributed by atoms with van der Waals surface area (Å²) in [6, 6.07) is 11.1. The van der Waals surface area contributed by atoms with Crippen molar-refractivity contribution < 1.29 is 19.2 Å². The first-order chi connectivity index (χ1) is 16.9. The van der Waals surface area contributed by atoms with E-state index in [1.165, 1.54) is 0 Å². The highest BCUT2D eigenvalue weighted by molar-refractivity contribution is 6.05. The van der Waals surface area contributed by atoms with Crippen molar-refractivity contribution in [3.8, 4) is 0 Å². The Morgan fingerprint density at radius 2 is 2.11 bits per heavy atom. The van der Waals surface area contributed by atoms with Gasteiger partial charge in [-0.15, -0.1) is 0 Å². The van der Waals surface area contributed by atoms with Gasteiger partial charge >= 0.3 is 6.09 Å². The van der Waals surface area contributed by atoms with E-state index in [0.29, 0.717) is 29.4 Å². The van der Waals surface area contributed by atoms with Gasteiger partial charge in [0.1, 0.15) is 16.9 Å². The van der Waals surface area contributed by atoms with E-state index in [9.17, 15) is 9.59 Å². The minimum Gasteiger partial charge on any atom is -0.443 e. The summed E-state index contributed by atoms with van der Waals surface area (Å²) in [6.07, 6.45) is 5.24. The standard InChI is InChI=1S/C25H26N6O4/c1-15-6-7-16(13-17(15)27-22(32)19-14-26-20-5-3-4-11-30(19)20)21-28-23(35-29-21)18-8-12-31(18)24(33)34-25(2)9-10-25/h3-7,11,13-14,18,23H,8-10,12H2,1-2H3,(H,27,32)(H,28,29)/t18-,23?/m0/s1. The number of hydrogen-bond donors (Lipinski definition) is 2. The Bertz CT molecular complexity index is 1360. The maximum absolute atomic E-state index is 13.0. The number of fused-ring (bicyclic) bond motifs is 1. The molecule has 4 heterocycles. The first-order valence-corrected chi connectivity index (χ1v) is 11.7. The summed E-state index contributed by atoms with van der Waals surface area (Å²) in [7, 11) is 0. The molecule has 1 aromatic carbocycles. The minimum atomic E-state index is -0.448. The largest absolute Gasteiger partial charge is 0.443 e. The van der Waals surface area contributed by atoms with Crippen LogP contribution in [0.2, 0.25) is 0 Å². The van der Waals surface area contributed by atoms with Gasteiger partial charge < -0.3 is 20.2 Å². The van der Waals surface area contributed by atoms with E-state index in [4.69, 9.17) is 9.57 Å². The second kappa shape index (κ2) is 8.00. The molecule has 1 saturated heterocycles. The van der Waals surface area contributed by atoms with Crippen LogP contribution in [0.25, 0.3) is 5.65 Å². The summed E-state index contributed by atoms with van der Waals surface area (Å²) >= 11 is 0. The zero-order valence-electron chi connectivity index (χ0n) is 19.5. The number of imidazole rings is 1. The number of rotatable bonds is 5. The predicted molar refractivity (Wildman–Crippen MR) is 128 cm³/mol. The normalized spacial score (nSPS) is 22.0. The number of aromatic nitrogens is 2. The van der Waals surface area contributed by atoms with E-state index in [1.54, 1.807) is 21.7 Å². The molecule has 35 heavy (non-hydrogen) atoms. The zero-order valence-corrected chi connectivity index (χ0v) is 19.5. The molecule has 1 unspecified atom stereocenters. The van der Waals surface area contributed by atoms with E-state index in [1.807, 2.05) is 50.2 Å². The summed E-state index contributed by atoms with van der Waals surface area (Å²) in [5, 5.41) is 10.5. The van der Waals surface area contributed by atoms with Crippen LogP contribution in [0, 0.1) is 6.92 Å². The van der Waals surface area contributed by atoms with Crippen LogP contribution in [0.4, 0.5) is 10.5 Å². The smallest absolute Gasteiger partial charge is 0.410 e. The highest BCUT2D eigenvalue weighted by Crippen LogP contribution is 2.40. The van der Waals surface area contributed by atoms with Crippen LogP contribution in [0.3, 0.4) is 0 Å². The van der Waals surface area contributed by atoms with Crippen LogP contribution in [-0.4, -0.2) is 56.5 Å². The van der Waals surface area contributed by atoms with Gasteiger partial charge in [-0.3, -0.25) is 14.1 Å². The molecular formula is C25H26N6O4. The van der Waals surface area contributed by atoms with Crippen molar-refractivity contribution in [1.29, 1.82) is 0 Å². The van der Waals surface area contributed by atoms with Crippen LogP contribution in [0.1, 0.15) is 47.8 Å². The lowest BCUT2D eigenvalue weighted by atomic mass is 10.0. The highest BCUT2D eigenvalue weighted by Gasteiger charge is 2.47. The Morgan fingerprint density at radius 3 is 2.89 bits per heavy atom. The van der Waals surface area contributed by atoms with E-state index in [0.717, 1.165) is 30.4 Å². The fourth-order valence-electron chi connectivity index (χ4n) is 4.29. The number of anilines is 1. The number of ether oxygens (including phenoxy) is 1. The SMILES string of the molecule is Cc1ccc(C2=NOC([C@@H]3CCN3C(=O)OC3(C)CC3)N2)cc1NC(=O)c1cnc2ccccn12. The van der Waals surface area contributed by atoms with Crippen LogP contribution < -0.4 is 10.6 Å². The zero-order chi connectivity index (χ0) is 24.2. The van der Waals surface area contributed by atoms with Gasteiger partial charge in [0.15, 0.2) is 5.84 Å². The number of pyridine rings is 1. The average molecular weight is 475 g/mol. The van der Waals surface area contributed by atoms with Crippen molar-refractivity contribution in [3.63, 3.8) is 0 Å². The Labute approximate surface area is 201 Å². The molecule has 0 spiro atoms. The van der Waals surface area contributed by atoms with Crippen LogP contribution in [0.5, 0.6) is 0 Å². The summed E-state index contributed by atoms with van der Waals surface area (Å²) in [5.74, 6) is 0.294. The maximum Gasteiger partial charge on any atom is 0.410 e. The quantitative estimate of drug-likeness (QED) is 0.588. The molecule has 2 aliphatic heterocycles. The number of benzene rings is 1. The van der Waals surface area contributed by atoms with Crippen LogP contribution >= 0.6 is 0 Å². The fraction of sp³-hybridized carbons (Fsp3) is 0.360. The molecule has 3 aromatic rings. The molecule has 0 radical (unpaired) electrons.